The number of rotatable bonds is 2. The number of hydrogen-bond acceptors (Lipinski definition) is 5. The molecule has 2 N–H and O–H groups in total. The molecule has 6 nitrogen and oxygen atoms in total. The summed E-state index contributed by atoms with van der Waals surface area (Å²) in [7, 11) is 0. The molecule has 5 rings (SSSR count). The number of carbonyl (C=O) groups is 1. The van der Waals surface area contributed by atoms with E-state index in [1.807, 2.05) is 29.2 Å². The van der Waals surface area contributed by atoms with Gasteiger partial charge in [0.1, 0.15) is 12.4 Å². The quantitative estimate of drug-likeness (QED) is 0.827. The lowest BCUT2D eigenvalue weighted by molar-refractivity contribution is -0.194. The van der Waals surface area contributed by atoms with E-state index in [0.717, 1.165) is 42.8 Å². The van der Waals surface area contributed by atoms with Crippen molar-refractivity contribution < 1.29 is 19.3 Å². The molecule has 2 aromatic carbocycles. The zero-order chi connectivity index (χ0) is 18.4. The number of benzene rings is 2. The molecular weight excluding hydrogens is 344 g/mol. The van der Waals surface area contributed by atoms with Gasteiger partial charge in [0.25, 0.3) is 5.91 Å². The average molecular weight is 366 g/mol. The summed E-state index contributed by atoms with van der Waals surface area (Å²) in [5, 5.41) is 0. The van der Waals surface area contributed by atoms with Gasteiger partial charge in [-0.2, -0.15) is 4.89 Å². The fraction of sp³-hybridized carbons (Fsp3) is 0.381. The lowest BCUT2D eigenvalue weighted by atomic mass is 9.74. The molecule has 0 radical (unpaired) electrons. The summed E-state index contributed by atoms with van der Waals surface area (Å²) < 4.78 is 5.95. The largest absolute Gasteiger partial charge is 0.492 e. The number of nitrogens with two attached hydrogens (primary N) is 1. The van der Waals surface area contributed by atoms with Crippen molar-refractivity contribution in [3.63, 3.8) is 0 Å². The molecule has 3 aliphatic rings. The molecule has 0 aromatic heterocycles. The SMILES string of the molecule is NCc1ccc2c(c1)C1(CCN(C(=O)c3ccc4c(c3)COO4)CC1)CO2. The van der Waals surface area contributed by atoms with Gasteiger partial charge in [0, 0.05) is 41.7 Å². The normalized spacial score (nSPS) is 19.4. The van der Waals surface area contributed by atoms with Crippen molar-refractivity contribution in [3.05, 3.63) is 58.7 Å². The molecule has 1 fully saturated rings. The van der Waals surface area contributed by atoms with E-state index in [1.165, 1.54) is 5.56 Å². The van der Waals surface area contributed by atoms with E-state index in [2.05, 4.69) is 6.07 Å². The number of amides is 1. The summed E-state index contributed by atoms with van der Waals surface area (Å²) in [6.45, 7) is 3.04. The minimum absolute atomic E-state index is 0.00307. The van der Waals surface area contributed by atoms with E-state index < -0.39 is 0 Å². The average Bonchev–Trinajstić information content (AvgIpc) is 3.32. The van der Waals surface area contributed by atoms with Gasteiger partial charge < -0.3 is 20.3 Å². The van der Waals surface area contributed by atoms with Crippen LogP contribution in [-0.4, -0.2) is 30.5 Å². The highest BCUT2D eigenvalue weighted by molar-refractivity contribution is 5.94. The smallest absolute Gasteiger partial charge is 0.253 e. The molecule has 0 atom stereocenters. The van der Waals surface area contributed by atoms with Crippen molar-refractivity contribution in [3.8, 4) is 11.5 Å². The van der Waals surface area contributed by atoms with E-state index in [9.17, 15) is 4.79 Å². The second-order valence-corrected chi connectivity index (χ2v) is 7.56. The first-order valence-corrected chi connectivity index (χ1v) is 9.36. The van der Waals surface area contributed by atoms with Crippen LogP contribution in [0.15, 0.2) is 36.4 Å². The predicted octanol–water partition coefficient (Wildman–Crippen LogP) is 2.54. The summed E-state index contributed by atoms with van der Waals surface area (Å²) in [4.78, 5) is 24.9. The molecule has 0 bridgehead atoms. The minimum atomic E-state index is -0.00307. The van der Waals surface area contributed by atoms with Gasteiger partial charge >= 0.3 is 0 Å². The van der Waals surface area contributed by atoms with Crippen molar-refractivity contribution in [2.24, 2.45) is 5.73 Å². The van der Waals surface area contributed by atoms with Crippen molar-refractivity contribution in [1.82, 2.24) is 4.90 Å². The lowest BCUT2D eigenvalue weighted by Crippen LogP contribution is -2.46. The third-order valence-electron chi connectivity index (χ3n) is 6.03. The van der Waals surface area contributed by atoms with Gasteiger partial charge in [-0.3, -0.25) is 4.79 Å². The Kier molecular flexibility index (Phi) is 3.84. The molecular formula is C21H22N2O4. The number of carbonyl (C=O) groups excluding carboxylic acids is 1. The Morgan fingerprint density at radius 1 is 1.11 bits per heavy atom. The Bertz CT molecular complexity index is 903. The van der Waals surface area contributed by atoms with E-state index in [4.69, 9.17) is 20.2 Å². The number of likely N-dealkylation sites (tertiary alicyclic amines) is 1. The first-order chi connectivity index (χ1) is 13.2. The summed E-state index contributed by atoms with van der Waals surface area (Å²) >= 11 is 0. The molecule has 140 valence electrons. The Morgan fingerprint density at radius 3 is 2.74 bits per heavy atom. The van der Waals surface area contributed by atoms with Gasteiger partial charge in [0.2, 0.25) is 0 Å². The van der Waals surface area contributed by atoms with Crippen LogP contribution in [0.2, 0.25) is 0 Å². The molecule has 1 amide bonds. The molecule has 0 saturated carbocycles. The zero-order valence-corrected chi connectivity index (χ0v) is 15.1. The Labute approximate surface area is 157 Å². The first-order valence-electron chi connectivity index (χ1n) is 9.36. The third kappa shape index (κ3) is 2.67. The summed E-state index contributed by atoms with van der Waals surface area (Å²) in [5.41, 5.74) is 9.80. The Hall–Kier alpha value is -2.57. The van der Waals surface area contributed by atoms with Crippen molar-refractivity contribution >= 4 is 5.91 Å². The van der Waals surface area contributed by atoms with E-state index in [-0.39, 0.29) is 11.3 Å². The fourth-order valence-corrected chi connectivity index (χ4v) is 4.34. The van der Waals surface area contributed by atoms with Crippen LogP contribution in [0.3, 0.4) is 0 Å². The topological polar surface area (TPSA) is 74.0 Å². The number of fused-ring (bicyclic) bond motifs is 3. The second-order valence-electron chi connectivity index (χ2n) is 7.56. The van der Waals surface area contributed by atoms with Gasteiger partial charge in [-0.25, -0.2) is 0 Å². The number of piperidine rings is 1. The third-order valence-corrected chi connectivity index (χ3v) is 6.03. The number of ether oxygens (including phenoxy) is 1. The molecule has 6 heteroatoms. The summed E-state index contributed by atoms with van der Waals surface area (Å²) in [6, 6.07) is 11.7. The van der Waals surface area contributed by atoms with Crippen LogP contribution in [-0.2, 0) is 23.5 Å². The standard InChI is InChI=1S/C21H22N2O4/c22-11-14-1-3-19-17(9-14)21(13-25-19)5-7-23(8-6-21)20(24)15-2-4-18-16(10-15)12-26-27-18/h1-4,9-10H,5-8,11-13,22H2. The maximum Gasteiger partial charge on any atom is 0.253 e. The molecule has 2 aromatic rings. The van der Waals surface area contributed by atoms with Crippen LogP contribution in [0.25, 0.3) is 0 Å². The van der Waals surface area contributed by atoms with Gasteiger partial charge in [-0.1, -0.05) is 12.1 Å². The van der Waals surface area contributed by atoms with Crippen LogP contribution in [0, 0.1) is 0 Å². The second kappa shape index (κ2) is 6.25. The summed E-state index contributed by atoms with van der Waals surface area (Å²) in [6.07, 6.45) is 1.80. The maximum atomic E-state index is 12.9. The summed E-state index contributed by atoms with van der Waals surface area (Å²) in [5.74, 6) is 1.72. The van der Waals surface area contributed by atoms with Gasteiger partial charge in [0.15, 0.2) is 5.75 Å². The van der Waals surface area contributed by atoms with Gasteiger partial charge in [-0.05, 0) is 42.7 Å². The molecule has 1 saturated heterocycles. The van der Waals surface area contributed by atoms with E-state index in [1.54, 1.807) is 6.07 Å². The molecule has 0 unspecified atom stereocenters. The molecule has 3 heterocycles. The first kappa shape index (κ1) is 16.6. The van der Waals surface area contributed by atoms with Crippen molar-refractivity contribution in [2.45, 2.75) is 31.4 Å². The van der Waals surface area contributed by atoms with Crippen molar-refractivity contribution in [1.29, 1.82) is 0 Å². The molecule has 0 aliphatic carbocycles. The van der Waals surface area contributed by atoms with Crippen molar-refractivity contribution in [2.75, 3.05) is 19.7 Å². The van der Waals surface area contributed by atoms with E-state index >= 15 is 0 Å². The highest BCUT2D eigenvalue weighted by Gasteiger charge is 2.44. The Balaban J connectivity index is 1.33. The number of nitrogens with zero attached hydrogens (tertiary/aromatic N) is 1. The van der Waals surface area contributed by atoms with Crippen LogP contribution < -0.4 is 15.4 Å². The predicted molar refractivity (Wildman–Crippen MR) is 98.5 cm³/mol. The van der Waals surface area contributed by atoms with Gasteiger partial charge in [-0.15, -0.1) is 0 Å². The molecule has 1 spiro atoms. The minimum Gasteiger partial charge on any atom is -0.492 e. The zero-order valence-electron chi connectivity index (χ0n) is 15.1. The van der Waals surface area contributed by atoms with E-state index in [0.29, 0.717) is 31.1 Å². The van der Waals surface area contributed by atoms with Crippen LogP contribution >= 0.6 is 0 Å². The molecule has 3 aliphatic heterocycles. The maximum absolute atomic E-state index is 12.9. The lowest BCUT2D eigenvalue weighted by Gasteiger charge is -2.38. The highest BCUT2D eigenvalue weighted by Crippen LogP contribution is 2.46. The van der Waals surface area contributed by atoms with Crippen LogP contribution in [0.4, 0.5) is 0 Å². The molecule has 27 heavy (non-hydrogen) atoms. The van der Waals surface area contributed by atoms with Crippen LogP contribution in [0.1, 0.15) is 39.9 Å². The van der Waals surface area contributed by atoms with Crippen LogP contribution in [0.5, 0.6) is 11.5 Å². The van der Waals surface area contributed by atoms with Gasteiger partial charge in [0.05, 0.1) is 6.61 Å². The highest BCUT2D eigenvalue weighted by atomic mass is 17.2. The number of hydrogen-bond donors (Lipinski definition) is 1. The Morgan fingerprint density at radius 2 is 1.93 bits per heavy atom. The monoisotopic (exact) mass is 366 g/mol. The fourth-order valence-electron chi connectivity index (χ4n) is 4.34.